The molecule has 1 aromatic carbocycles. The molecule has 0 saturated carbocycles. The molecule has 25 heavy (non-hydrogen) atoms. The fourth-order valence-corrected chi connectivity index (χ4v) is 5.75. The van der Waals surface area contributed by atoms with Crippen LogP contribution in [0.3, 0.4) is 0 Å². The lowest BCUT2D eigenvalue weighted by molar-refractivity contribution is 0.0690. The predicted octanol–water partition coefficient (Wildman–Crippen LogP) is 1.55. The van der Waals surface area contributed by atoms with Gasteiger partial charge in [0.2, 0.25) is 0 Å². The van der Waals surface area contributed by atoms with Gasteiger partial charge in [0, 0.05) is 0 Å². The first-order valence-electron chi connectivity index (χ1n) is 7.46. The molecular weight excluding hydrogens is 374 g/mol. The Bertz CT molecular complexity index is 948. The molecule has 2 bridgehead atoms. The van der Waals surface area contributed by atoms with Crippen LogP contribution in [-0.2, 0) is 19.9 Å². The van der Waals surface area contributed by atoms with Gasteiger partial charge in [-0.25, -0.2) is 26.4 Å². The average molecular weight is 391 g/mol. The first kappa shape index (κ1) is 19.2. The number of benzene rings is 1. The van der Waals surface area contributed by atoms with Crippen LogP contribution in [0.4, 0.5) is 5.69 Å². The Morgan fingerprint density at radius 3 is 2.28 bits per heavy atom. The molecule has 1 aliphatic rings. The number of rotatable bonds is 8. The molecule has 0 amide bonds. The summed E-state index contributed by atoms with van der Waals surface area (Å²) in [6, 6.07) is 0.714. The van der Waals surface area contributed by atoms with E-state index >= 15 is 0 Å². The Kier molecular flexibility index (Phi) is 5.09. The van der Waals surface area contributed by atoms with Crippen molar-refractivity contribution in [3.05, 3.63) is 17.2 Å². The largest absolute Gasteiger partial charge is 0.478 e. The third-order valence-corrected chi connectivity index (χ3v) is 7.05. The third-order valence-electron chi connectivity index (χ3n) is 3.79. The number of fused-ring (bicyclic) bond motifs is 2. The maximum Gasteiger partial charge on any atom is 0.339 e. The molecule has 11 heteroatoms. The standard InChI is InChI=1S/C14H17NO8S2/c1-2-3-4-5-6-24(20,21)9-7-8(13(16)17)12-10(14(18)19)11(9)15-25(12,22)23/h7,15H,2-6H2,1H3,(H,16,17)(H,18,19). The Morgan fingerprint density at radius 2 is 1.76 bits per heavy atom. The number of hydrogen-bond acceptors (Lipinski definition) is 6. The molecule has 0 aliphatic carbocycles. The van der Waals surface area contributed by atoms with Gasteiger partial charge in [0.1, 0.15) is 10.5 Å². The van der Waals surface area contributed by atoms with Gasteiger partial charge in [0.25, 0.3) is 10.0 Å². The number of anilines is 1. The highest BCUT2D eigenvalue weighted by atomic mass is 32.2. The van der Waals surface area contributed by atoms with Gasteiger partial charge in [0.05, 0.1) is 21.9 Å². The minimum absolute atomic E-state index is 0.301. The number of carboxylic acid groups (broad SMARTS) is 2. The SMILES string of the molecule is CCCCCCS(=O)(=O)c1cc(C(=O)O)c2c(C(=O)O)c1NS2(=O)=O. The van der Waals surface area contributed by atoms with Gasteiger partial charge < -0.3 is 10.2 Å². The van der Waals surface area contributed by atoms with Crippen molar-refractivity contribution in [3.63, 3.8) is 0 Å². The molecule has 0 saturated heterocycles. The topological polar surface area (TPSA) is 155 Å². The van der Waals surface area contributed by atoms with E-state index in [-0.39, 0.29) is 5.75 Å². The highest BCUT2D eigenvalue weighted by Crippen LogP contribution is 2.41. The van der Waals surface area contributed by atoms with Crippen molar-refractivity contribution < 1.29 is 36.6 Å². The van der Waals surface area contributed by atoms with E-state index in [1.54, 1.807) is 0 Å². The summed E-state index contributed by atoms with van der Waals surface area (Å²) in [5.41, 5.74) is -2.33. The fourth-order valence-electron chi connectivity index (χ4n) is 2.64. The smallest absolute Gasteiger partial charge is 0.339 e. The Labute approximate surface area is 144 Å². The second kappa shape index (κ2) is 6.64. The van der Waals surface area contributed by atoms with Crippen molar-refractivity contribution in [2.45, 2.75) is 42.4 Å². The van der Waals surface area contributed by atoms with Gasteiger partial charge >= 0.3 is 11.9 Å². The minimum Gasteiger partial charge on any atom is -0.478 e. The number of unbranched alkanes of at least 4 members (excludes halogenated alkanes) is 3. The van der Waals surface area contributed by atoms with Crippen molar-refractivity contribution in [1.82, 2.24) is 0 Å². The van der Waals surface area contributed by atoms with Crippen LogP contribution in [0.25, 0.3) is 0 Å². The molecule has 0 unspecified atom stereocenters. The highest BCUT2D eigenvalue weighted by molar-refractivity contribution is 7.94. The normalized spacial score (nSPS) is 14.9. The molecular formula is C14H17NO8S2. The van der Waals surface area contributed by atoms with Crippen LogP contribution < -0.4 is 4.72 Å². The third kappa shape index (κ3) is 3.47. The van der Waals surface area contributed by atoms with Gasteiger partial charge in [-0.1, -0.05) is 26.2 Å². The zero-order valence-electron chi connectivity index (χ0n) is 13.3. The van der Waals surface area contributed by atoms with E-state index in [9.17, 15) is 36.6 Å². The molecule has 0 radical (unpaired) electrons. The predicted molar refractivity (Wildman–Crippen MR) is 87.4 cm³/mol. The second-order valence-electron chi connectivity index (χ2n) is 5.60. The Hall–Kier alpha value is -2.14. The summed E-state index contributed by atoms with van der Waals surface area (Å²) in [5.74, 6) is -3.78. The van der Waals surface area contributed by atoms with Crippen LogP contribution in [-0.4, -0.2) is 44.7 Å². The Balaban J connectivity index is 2.65. The van der Waals surface area contributed by atoms with E-state index in [1.807, 2.05) is 11.6 Å². The number of carbonyl (C=O) groups is 2. The fraction of sp³-hybridized carbons (Fsp3) is 0.429. The molecule has 1 heterocycles. The lowest BCUT2D eigenvalue weighted by Gasteiger charge is -2.09. The number of sulfonamides is 1. The average Bonchev–Trinajstić information content (AvgIpc) is 2.69. The molecule has 1 aromatic rings. The van der Waals surface area contributed by atoms with Crippen LogP contribution in [0.5, 0.6) is 0 Å². The number of carboxylic acids is 2. The number of hydrogen-bond donors (Lipinski definition) is 3. The molecule has 0 fully saturated rings. The van der Waals surface area contributed by atoms with Gasteiger partial charge in [0.15, 0.2) is 9.84 Å². The summed E-state index contributed by atoms with van der Waals surface area (Å²) in [5, 5.41) is 18.5. The number of aromatic carboxylic acids is 2. The van der Waals surface area contributed by atoms with Gasteiger partial charge in [-0.15, -0.1) is 0 Å². The summed E-state index contributed by atoms with van der Waals surface area (Å²) >= 11 is 0. The van der Waals surface area contributed by atoms with Crippen molar-refractivity contribution in [2.75, 3.05) is 10.5 Å². The van der Waals surface area contributed by atoms with E-state index in [0.29, 0.717) is 18.9 Å². The van der Waals surface area contributed by atoms with E-state index in [2.05, 4.69) is 0 Å². The van der Waals surface area contributed by atoms with E-state index in [4.69, 9.17) is 0 Å². The highest BCUT2D eigenvalue weighted by Gasteiger charge is 2.42. The van der Waals surface area contributed by atoms with Crippen LogP contribution in [0, 0.1) is 0 Å². The molecule has 2 rings (SSSR count). The summed E-state index contributed by atoms with van der Waals surface area (Å²) in [7, 11) is -8.52. The number of nitrogens with one attached hydrogen (secondary N) is 1. The first-order chi connectivity index (χ1) is 11.5. The van der Waals surface area contributed by atoms with Crippen molar-refractivity contribution in [3.8, 4) is 0 Å². The molecule has 0 spiro atoms. The Morgan fingerprint density at radius 1 is 1.12 bits per heavy atom. The summed E-state index contributed by atoms with van der Waals surface area (Å²) in [6.45, 7) is 1.95. The quantitative estimate of drug-likeness (QED) is 0.564. The van der Waals surface area contributed by atoms with Gasteiger partial charge in [-0.05, 0) is 12.5 Å². The second-order valence-corrected chi connectivity index (χ2v) is 9.29. The van der Waals surface area contributed by atoms with Crippen molar-refractivity contribution in [1.29, 1.82) is 0 Å². The van der Waals surface area contributed by atoms with Gasteiger partial charge in [-0.3, -0.25) is 4.72 Å². The van der Waals surface area contributed by atoms with E-state index < -0.39 is 58.4 Å². The van der Waals surface area contributed by atoms with Crippen molar-refractivity contribution in [2.24, 2.45) is 0 Å². The molecule has 3 N–H and O–H groups in total. The maximum atomic E-state index is 12.5. The van der Waals surface area contributed by atoms with E-state index in [1.165, 1.54) is 0 Å². The lowest BCUT2D eigenvalue weighted by Crippen LogP contribution is -2.13. The summed E-state index contributed by atoms with van der Waals surface area (Å²) in [6.07, 6.45) is 2.63. The van der Waals surface area contributed by atoms with Crippen molar-refractivity contribution >= 4 is 37.5 Å². The molecule has 0 atom stereocenters. The number of sulfone groups is 1. The monoisotopic (exact) mass is 391 g/mol. The minimum atomic E-state index is -4.46. The molecule has 0 aromatic heterocycles. The van der Waals surface area contributed by atoms with Crippen LogP contribution >= 0.6 is 0 Å². The summed E-state index contributed by atoms with van der Waals surface area (Å²) < 4.78 is 51.1. The molecule has 9 nitrogen and oxygen atoms in total. The molecule has 138 valence electrons. The lowest BCUT2D eigenvalue weighted by atomic mass is 10.1. The molecule has 1 aliphatic heterocycles. The zero-order valence-corrected chi connectivity index (χ0v) is 14.9. The maximum absolute atomic E-state index is 12.5. The van der Waals surface area contributed by atoms with E-state index in [0.717, 1.165) is 12.8 Å². The summed E-state index contributed by atoms with van der Waals surface area (Å²) in [4.78, 5) is 21.3. The van der Waals surface area contributed by atoms with Crippen LogP contribution in [0.2, 0.25) is 0 Å². The zero-order chi connectivity index (χ0) is 19.0. The van der Waals surface area contributed by atoms with Crippen LogP contribution in [0.15, 0.2) is 15.9 Å². The first-order valence-corrected chi connectivity index (χ1v) is 10.6. The van der Waals surface area contributed by atoms with Gasteiger partial charge in [-0.2, -0.15) is 0 Å². The van der Waals surface area contributed by atoms with Crippen LogP contribution in [0.1, 0.15) is 53.3 Å².